The molecule has 0 atom stereocenters. The van der Waals surface area contributed by atoms with Crippen LogP contribution in [0.25, 0.3) is 0 Å². The SMILES string of the molecule is COc1ccc(C=NNC(=O)COc2ccc(C)cc2[N+](=O)[O-])cc1OC. The average molecular weight is 373 g/mol. The van der Waals surface area contributed by atoms with Crippen LogP contribution in [0.3, 0.4) is 0 Å². The molecule has 0 fully saturated rings. The summed E-state index contributed by atoms with van der Waals surface area (Å²) in [5, 5.41) is 14.8. The number of rotatable bonds is 8. The Morgan fingerprint density at radius 3 is 2.52 bits per heavy atom. The van der Waals surface area contributed by atoms with E-state index in [0.29, 0.717) is 17.1 Å². The van der Waals surface area contributed by atoms with Crippen LogP contribution in [0.2, 0.25) is 0 Å². The van der Waals surface area contributed by atoms with Crippen molar-refractivity contribution >= 4 is 17.8 Å². The van der Waals surface area contributed by atoms with E-state index in [1.807, 2.05) is 0 Å². The van der Waals surface area contributed by atoms with E-state index in [9.17, 15) is 14.9 Å². The summed E-state index contributed by atoms with van der Waals surface area (Å²) in [5.41, 5.74) is 3.50. The van der Waals surface area contributed by atoms with E-state index in [0.717, 1.165) is 5.56 Å². The molecule has 0 aromatic heterocycles. The molecule has 2 aromatic carbocycles. The van der Waals surface area contributed by atoms with Gasteiger partial charge in [-0.25, -0.2) is 5.43 Å². The number of benzene rings is 2. The van der Waals surface area contributed by atoms with Gasteiger partial charge >= 0.3 is 5.69 Å². The smallest absolute Gasteiger partial charge is 0.311 e. The fourth-order valence-electron chi connectivity index (χ4n) is 2.18. The summed E-state index contributed by atoms with van der Waals surface area (Å²) in [7, 11) is 3.05. The summed E-state index contributed by atoms with van der Waals surface area (Å²) < 4.78 is 15.5. The molecule has 0 radical (unpaired) electrons. The molecule has 27 heavy (non-hydrogen) atoms. The number of amides is 1. The summed E-state index contributed by atoms with van der Waals surface area (Å²) >= 11 is 0. The molecular weight excluding hydrogens is 354 g/mol. The largest absolute Gasteiger partial charge is 0.493 e. The second kappa shape index (κ2) is 9.18. The van der Waals surface area contributed by atoms with Gasteiger partial charge in [0.25, 0.3) is 5.91 Å². The molecule has 2 aromatic rings. The maximum atomic E-state index is 11.8. The standard InChI is InChI=1S/C18H19N3O6/c1-12-4-6-15(14(8-12)21(23)24)27-11-18(22)20-19-10-13-5-7-16(25-2)17(9-13)26-3/h4-10H,11H2,1-3H3,(H,20,22). The van der Waals surface area contributed by atoms with Gasteiger partial charge in [0.15, 0.2) is 23.9 Å². The van der Waals surface area contributed by atoms with Gasteiger partial charge in [-0.2, -0.15) is 5.10 Å². The lowest BCUT2D eigenvalue weighted by Gasteiger charge is -2.07. The molecule has 0 aliphatic carbocycles. The van der Waals surface area contributed by atoms with Crippen molar-refractivity contribution in [1.29, 1.82) is 0 Å². The average Bonchev–Trinajstić information content (AvgIpc) is 2.66. The number of hydrazone groups is 1. The van der Waals surface area contributed by atoms with Gasteiger partial charge in [-0.1, -0.05) is 6.07 Å². The number of hydrogen-bond donors (Lipinski definition) is 1. The van der Waals surface area contributed by atoms with Crippen molar-refractivity contribution in [3.05, 3.63) is 57.6 Å². The number of carbonyl (C=O) groups is 1. The third-order valence-corrected chi connectivity index (χ3v) is 3.48. The van der Waals surface area contributed by atoms with Crippen LogP contribution in [-0.4, -0.2) is 37.9 Å². The van der Waals surface area contributed by atoms with Crippen LogP contribution in [0.15, 0.2) is 41.5 Å². The maximum absolute atomic E-state index is 11.8. The van der Waals surface area contributed by atoms with Gasteiger partial charge in [0, 0.05) is 6.07 Å². The van der Waals surface area contributed by atoms with E-state index in [-0.39, 0.29) is 11.4 Å². The summed E-state index contributed by atoms with van der Waals surface area (Å²) in [5.74, 6) is 0.570. The Bertz CT molecular complexity index is 866. The number of ether oxygens (including phenoxy) is 3. The Hall–Kier alpha value is -3.62. The van der Waals surface area contributed by atoms with Gasteiger partial charge in [-0.05, 0) is 42.3 Å². The normalized spacial score (nSPS) is 10.5. The second-order valence-electron chi connectivity index (χ2n) is 5.42. The van der Waals surface area contributed by atoms with E-state index in [2.05, 4.69) is 10.5 Å². The van der Waals surface area contributed by atoms with Crippen molar-refractivity contribution in [2.75, 3.05) is 20.8 Å². The van der Waals surface area contributed by atoms with Crippen molar-refractivity contribution in [2.24, 2.45) is 5.10 Å². The Kier molecular flexibility index (Phi) is 6.70. The van der Waals surface area contributed by atoms with Gasteiger partial charge in [0.2, 0.25) is 0 Å². The van der Waals surface area contributed by atoms with Crippen LogP contribution in [0.5, 0.6) is 17.2 Å². The first kappa shape index (κ1) is 19.7. The fourth-order valence-corrected chi connectivity index (χ4v) is 2.18. The number of aryl methyl sites for hydroxylation is 1. The van der Waals surface area contributed by atoms with E-state index in [4.69, 9.17) is 14.2 Å². The minimum Gasteiger partial charge on any atom is -0.493 e. The number of nitrogens with zero attached hydrogens (tertiary/aromatic N) is 2. The maximum Gasteiger partial charge on any atom is 0.311 e. The molecule has 0 heterocycles. The summed E-state index contributed by atoms with van der Waals surface area (Å²) in [6, 6.07) is 9.64. The quantitative estimate of drug-likeness (QED) is 0.432. The zero-order valence-electron chi connectivity index (χ0n) is 15.1. The first-order valence-corrected chi connectivity index (χ1v) is 7.86. The van der Waals surface area contributed by atoms with Crippen molar-refractivity contribution in [3.63, 3.8) is 0 Å². The molecule has 0 spiro atoms. The Morgan fingerprint density at radius 2 is 1.85 bits per heavy atom. The van der Waals surface area contributed by atoms with Crippen LogP contribution < -0.4 is 19.6 Å². The van der Waals surface area contributed by atoms with Gasteiger partial charge in [-0.3, -0.25) is 14.9 Å². The number of methoxy groups -OCH3 is 2. The molecule has 0 unspecified atom stereocenters. The third-order valence-electron chi connectivity index (χ3n) is 3.48. The topological polar surface area (TPSA) is 112 Å². The lowest BCUT2D eigenvalue weighted by molar-refractivity contribution is -0.385. The van der Waals surface area contributed by atoms with Crippen LogP contribution in [-0.2, 0) is 4.79 Å². The van der Waals surface area contributed by atoms with Gasteiger partial charge in [0.1, 0.15) is 0 Å². The molecule has 0 saturated carbocycles. The number of carbonyl (C=O) groups excluding carboxylic acids is 1. The monoisotopic (exact) mass is 373 g/mol. The highest BCUT2D eigenvalue weighted by Crippen LogP contribution is 2.28. The molecule has 142 valence electrons. The van der Waals surface area contributed by atoms with Crippen LogP contribution in [0.1, 0.15) is 11.1 Å². The molecule has 0 aliphatic heterocycles. The molecule has 2 rings (SSSR count). The molecule has 9 nitrogen and oxygen atoms in total. The molecule has 0 saturated heterocycles. The molecular formula is C18H19N3O6. The van der Waals surface area contributed by atoms with E-state index < -0.39 is 17.4 Å². The summed E-state index contributed by atoms with van der Waals surface area (Å²) in [4.78, 5) is 22.3. The predicted molar refractivity (Wildman–Crippen MR) is 98.6 cm³/mol. The first-order valence-electron chi connectivity index (χ1n) is 7.86. The molecule has 1 N–H and O–H groups in total. The number of hydrogen-bond acceptors (Lipinski definition) is 7. The van der Waals surface area contributed by atoms with Crippen LogP contribution in [0, 0.1) is 17.0 Å². The van der Waals surface area contributed by atoms with Gasteiger partial charge < -0.3 is 14.2 Å². The van der Waals surface area contributed by atoms with Crippen molar-refractivity contribution in [3.8, 4) is 17.2 Å². The predicted octanol–water partition coefficient (Wildman–Crippen LogP) is 2.45. The van der Waals surface area contributed by atoms with Crippen LogP contribution >= 0.6 is 0 Å². The molecule has 0 aliphatic rings. The minimum absolute atomic E-state index is 0.0182. The zero-order chi connectivity index (χ0) is 19.8. The Morgan fingerprint density at radius 1 is 1.15 bits per heavy atom. The highest BCUT2D eigenvalue weighted by Gasteiger charge is 2.16. The van der Waals surface area contributed by atoms with E-state index in [1.54, 1.807) is 31.2 Å². The first-order chi connectivity index (χ1) is 12.9. The third kappa shape index (κ3) is 5.43. The highest BCUT2D eigenvalue weighted by atomic mass is 16.6. The fraction of sp³-hybridized carbons (Fsp3) is 0.222. The lowest BCUT2D eigenvalue weighted by Crippen LogP contribution is -2.24. The lowest BCUT2D eigenvalue weighted by atomic mass is 10.2. The molecule has 1 amide bonds. The Balaban J connectivity index is 1.93. The van der Waals surface area contributed by atoms with E-state index >= 15 is 0 Å². The van der Waals surface area contributed by atoms with Gasteiger partial charge in [-0.15, -0.1) is 0 Å². The Labute approximate surface area is 155 Å². The second-order valence-corrected chi connectivity index (χ2v) is 5.42. The van der Waals surface area contributed by atoms with Crippen molar-refractivity contribution in [1.82, 2.24) is 5.43 Å². The summed E-state index contributed by atoms with van der Waals surface area (Å²) in [6.07, 6.45) is 1.42. The number of nitro benzene ring substituents is 1. The number of nitrogens with one attached hydrogen (secondary N) is 1. The number of nitro groups is 1. The van der Waals surface area contributed by atoms with Crippen molar-refractivity contribution < 1.29 is 23.9 Å². The summed E-state index contributed by atoms with van der Waals surface area (Å²) in [6.45, 7) is 1.32. The molecule has 0 bridgehead atoms. The molecule has 9 heteroatoms. The van der Waals surface area contributed by atoms with Crippen molar-refractivity contribution in [2.45, 2.75) is 6.92 Å². The van der Waals surface area contributed by atoms with E-state index in [1.165, 1.54) is 32.6 Å². The van der Waals surface area contributed by atoms with Crippen LogP contribution in [0.4, 0.5) is 5.69 Å². The van der Waals surface area contributed by atoms with Gasteiger partial charge in [0.05, 0.1) is 25.4 Å². The minimum atomic E-state index is -0.560. The zero-order valence-corrected chi connectivity index (χ0v) is 15.1. The highest BCUT2D eigenvalue weighted by molar-refractivity contribution is 5.83.